The summed E-state index contributed by atoms with van der Waals surface area (Å²) in [6.45, 7) is 0. The van der Waals surface area contributed by atoms with Gasteiger partial charge < -0.3 is 10.3 Å². The molecule has 1 aromatic heterocycles. The Labute approximate surface area is 94.1 Å². The molecule has 1 saturated carbocycles. The lowest BCUT2D eigenvalue weighted by atomic mass is 10.1. The molecule has 1 aliphatic carbocycles. The zero-order valence-electron chi connectivity index (χ0n) is 9.17. The first kappa shape index (κ1) is 9.39. The predicted molar refractivity (Wildman–Crippen MR) is 62.0 cm³/mol. The second-order valence-electron chi connectivity index (χ2n) is 4.42. The van der Waals surface area contributed by atoms with Gasteiger partial charge in [0.2, 0.25) is 0 Å². The monoisotopic (exact) mass is 214 g/mol. The third-order valence-electron chi connectivity index (χ3n) is 3.21. The molecule has 3 rings (SSSR count). The van der Waals surface area contributed by atoms with E-state index in [9.17, 15) is 0 Å². The van der Waals surface area contributed by atoms with E-state index in [0.29, 0.717) is 11.8 Å². The van der Waals surface area contributed by atoms with Crippen molar-refractivity contribution in [2.45, 2.75) is 18.3 Å². The number of nitrogen functional groups attached to an aromatic ring is 1. The second-order valence-corrected chi connectivity index (χ2v) is 4.42. The van der Waals surface area contributed by atoms with Crippen molar-refractivity contribution in [1.82, 2.24) is 14.8 Å². The minimum Gasteiger partial charge on any atom is -0.399 e. The molecule has 0 unspecified atom stereocenters. The molecule has 4 nitrogen and oxygen atoms in total. The molecule has 0 aliphatic heterocycles. The fourth-order valence-corrected chi connectivity index (χ4v) is 2.27. The van der Waals surface area contributed by atoms with Gasteiger partial charge in [-0.15, -0.1) is 10.2 Å². The zero-order chi connectivity index (χ0) is 11.1. The number of benzene rings is 1. The molecule has 1 aromatic carbocycles. The highest BCUT2D eigenvalue weighted by Crippen LogP contribution is 2.53. The molecule has 1 aliphatic rings. The van der Waals surface area contributed by atoms with Gasteiger partial charge in [-0.3, -0.25) is 0 Å². The molecule has 2 N–H and O–H groups in total. The van der Waals surface area contributed by atoms with Crippen molar-refractivity contribution < 1.29 is 0 Å². The van der Waals surface area contributed by atoms with Gasteiger partial charge >= 0.3 is 0 Å². The summed E-state index contributed by atoms with van der Waals surface area (Å²) in [5.74, 6) is 2.15. The summed E-state index contributed by atoms with van der Waals surface area (Å²) < 4.78 is 2.00. The molecule has 0 bridgehead atoms. The molecule has 2 atom stereocenters. The van der Waals surface area contributed by atoms with Crippen LogP contribution in [-0.4, -0.2) is 14.8 Å². The van der Waals surface area contributed by atoms with Crippen molar-refractivity contribution in [2.24, 2.45) is 7.05 Å². The van der Waals surface area contributed by atoms with Crippen LogP contribution < -0.4 is 5.73 Å². The van der Waals surface area contributed by atoms with Crippen LogP contribution in [0.5, 0.6) is 0 Å². The van der Waals surface area contributed by atoms with Crippen LogP contribution in [0.1, 0.15) is 29.6 Å². The molecule has 0 spiro atoms. The Bertz CT molecular complexity index is 517. The van der Waals surface area contributed by atoms with Crippen LogP contribution in [0.25, 0.3) is 0 Å². The van der Waals surface area contributed by atoms with Gasteiger partial charge in [-0.2, -0.15) is 0 Å². The Morgan fingerprint density at radius 2 is 2.25 bits per heavy atom. The number of aryl methyl sites for hydroxylation is 1. The van der Waals surface area contributed by atoms with E-state index in [4.69, 9.17) is 5.73 Å². The van der Waals surface area contributed by atoms with E-state index in [1.165, 1.54) is 5.56 Å². The summed E-state index contributed by atoms with van der Waals surface area (Å²) in [7, 11) is 1.99. The van der Waals surface area contributed by atoms with Gasteiger partial charge in [0, 0.05) is 18.7 Å². The van der Waals surface area contributed by atoms with E-state index >= 15 is 0 Å². The van der Waals surface area contributed by atoms with Gasteiger partial charge in [-0.25, -0.2) is 0 Å². The number of hydrogen-bond donors (Lipinski definition) is 1. The zero-order valence-corrected chi connectivity index (χ0v) is 9.17. The predicted octanol–water partition coefficient (Wildman–Crippen LogP) is 1.67. The van der Waals surface area contributed by atoms with E-state index in [2.05, 4.69) is 22.3 Å². The largest absolute Gasteiger partial charge is 0.399 e. The summed E-state index contributed by atoms with van der Waals surface area (Å²) >= 11 is 0. The molecule has 0 saturated heterocycles. The number of hydrogen-bond acceptors (Lipinski definition) is 3. The lowest BCUT2D eigenvalue weighted by Crippen LogP contribution is -1.96. The molecule has 2 aromatic rings. The van der Waals surface area contributed by atoms with Crippen LogP contribution in [0.2, 0.25) is 0 Å². The molecular weight excluding hydrogens is 200 g/mol. The lowest BCUT2D eigenvalue weighted by Gasteiger charge is -2.01. The average Bonchev–Trinajstić information content (AvgIpc) is 2.95. The van der Waals surface area contributed by atoms with Crippen LogP contribution in [0.3, 0.4) is 0 Å². The fraction of sp³-hybridized carbons (Fsp3) is 0.333. The smallest absolute Gasteiger partial charge is 0.136 e. The molecule has 1 heterocycles. The number of aromatic nitrogens is 3. The van der Waals surface area contributed by atoms with E-state index in [-0.39, 0.29) is 0 Å². The van der Waals surface area contributed by atoms with Crippen molar-refractivity contribution in [2.75, 3.05) is 5.73 Å². The standard InChI is InChI=1S/C12H14N4/c1-16-7-14-15-12(16)11-6-10(11)8-3-2-4-9(13)5-8/h2-5,7,10-11H,6,13H2,1H3/t10-,11-/m0/s1. The highest BCUT2D eigenvalue weighted by molar-refractivity contribution is 5.44. The molecular formula is C12H14N4. The van der Waals surface area contributed by atoms with Gasteiger partial charge in [-0.1, -0.05) is 12.1 Å². The maximum absolute atomic E-state index is 5.79. The van der Waals surface area contributed by atoms with Gasteiger partial charge in [0.25, 0.3) is 0 Å². The second kappa shape index (κ2) is 3.33. The van der Waals surface area contributed by atoms with Gasteiger partial charge in [0.05, 0.1) is 0 Å². The number of nitrogens with zero attached hydrogens (tertiary/aromatic N) is 3. The molecule has 1 fully saturated rings. The number of rotatable bonds is 2. The molecule has 0 radical (unpaired) electrons. The van der Waals surface area contributed by atoms with Crippen molar-refractivity contribution in [3.05, 3.63) is 42.0 Å². The number of nitrogens with two attached hydrogens (primary N) is 1. The molecule has 16 heavy (non-hydrogen) atoms. The maximum atomic E-state index is 5.79. The average molecular weight is 214 g/mol. The summed E-state index contributed by atoms with van der Waals surface area (Å²) in [5.41, 5.74) is 7.93. The molecule has 82 valence electrons. The maximum Gasteiger partial charge on any atom is 0.136 e. The van der Waals surface area contributed by atoms with E-state index in [1.807, 2.05) is 23.7 Å². The first-order valence-corrected chi connectivity index (χ1v) is 5.45. The Kier molecular flexibility index (Phi) is 1.96. The SMILES string of the molecule is Cn1cnnc1[C@H]1C[C@H]1c1cccc(N)c1. The van der Waals surface area contributed by atoms with Crippen LogP contribution in [0.15, 0.2) is 30.6 Å². The minimum atomic E-state index is 0.509. The van der Waals surface area contributed by atoms with Crippen LogP contribution >= 0.6 is 0 Å². The normalized spacial score (nSPS) is 23.3. The highest BCUT2D eigenvalue weighted by atomic mass is 15.3. The summed E-state index contributed by atoms with van der Waals surface area (Å²) in [6, 6.07) is 8.12. The van der Waals surface area contributed by atoms with Crippen molar-refractivity contribution in [3.63, 3.8) is 0 Å². The molecule has 0 amide bonds. The third kappa shape index (κ3) is 1.46. The summed E-state index contributed by atoms with van der Waals surface area (Å²) in [5, 5.41) is 8.07. The Morgan fingerprint density at radius 1 is 1.38 bits per heavy atom. The van der Waals surface area contributed by atoms with Gasteiger partial charge in [0.15, 0.2) is 0 Å². The first-order valence-electron chi connectivity index (χ1n) is 5.45. The summed E-state index contributed by atoms with van der Waals surface area (Å²) in [6.07, 6.45) is 2.90. The summed E-state index contributed by atoms with van der Waals surface area (Å²) in [4.78, 5) is 0. The topological polar surface area (TPSA) is 56.7 Å². The fourth-order valence-electron chi connectivity index (χ4n) is 2.27. The highest BCUT2D eigenvalue weighted by Gasteiger charge is 2.42. The molecule has 4 heteroatoms. The van der Waals surface area contributed by atoms with Crippen LogP contribution in [0, 0.1) is 0 Å². The van der Waals surface area contributed by atoms with E-state index < -0.39 is 0 Å². The lowest BCUT2D eigenvalue weighted by molar-refractivity contribution is 0.785. The minimum absolute atomic E-state index is 0.509. The van der Waals surface area contributed by atoms with Crippen molar-refractivity contribution in [1.29, 1.82) is 0 Å². The Morgan fingerprint density at radius 3 is 2.94 bits per heavy atom. The van der Waals surface area contributed by atoms with Crippen molar-refractivity contribution >= 4 is 5.69 Å². The third-order valence-corrected chi connectivity index (χ3v) is 3.21. The number of anilines is 1. The quantitative estimate of drug-likeness (QED) is 0.774. The van der Waals surface area contributed by atoms with Crippen LogP contribution in [0.4, 0.5) is 5.69 Å². The Balaban J connectivity index is 1.84. The first-order chi connectivity index (χ1) is 7.75. The van der Waals surface area contributed by atoms with Crippen molar-refractivity contribution in [3.8, 4) is 0 Å². The van der Waals surface area contributed by atoms with Gasteiger partial charge in [-0.05, 0) is 30.0 Å². The van der Waals surface area contributed by atoms with Crippen LogP contribution in [-0.2, 0) is 7.05 Å². The van der Waals surface area contributed by atoms with E-state index in [0.717, 1.165) is 17.9 Å². The Hall–Kier alpha value is -1.84. The van der Waals surface area contributed by atoms with Gasteiger partial charge in [0.1, 0.15) is 12.2 Å². The van der Waals surface area contributed by atoms with E-state index in [1.54, 1.807) is 6.33 Å².